The first-order valence-corrected chi connectivity index (χ1v) is 13.5. The summed E-state index contributed by atoms with van der Waals surface area (Å²) >= 11 is 1.77. The number of carbonyl (C=O) groups is 2. The molecule has 2 amide bonds. The van der Waals surface area contributed by atoms with Crippen molar-refractivity contribution in [2.45, 2.75) is 66.3 Å². The maximum atomic E-state index is 12.5. The fourth-order valence-electron chi connectivity index (χ4n) is 3.24. The highest BCUT2D eigenvalue weighted by Crippen LogP contribution is 2.31. The van der Waals surface area contributed by atoms with Crippen molar-refractivity contribution in [1.82, 2.24) is 20.9 Å². The van der Waals surface area contributed by atoms with E-state index in [0.29, 0.717) is 37.1 Å². The van der Waals surface area contributed by atoms with Crippen molar-refractivity contribution >= 4 is 29.7 Å². The lowest BCUT2D eigenvalue weighted by atomic mass is 9.88. The summed E-state index contributed by atoms with van der Waals surface area (Å²) in [6.45, 7) is 18.5. The quantitative estimate of drug-likeness (QED) is 0.249. The van der Waals surface area contributed by atoms with E-state index in [1.807, 2.05) is 14.1 Å². The summed E-state index contributed by atoms with van der Waals surface area (Å²) in [5, 5.41) is 17.5. The normalized spacial score (nSPS) is 14.4. The number of nitrogens with one attached hydrogen (secondary N) is 3. The molecule has 0 saturated carbocycles. The van der Waals surface area contributed by atoms with Crippen molar-refractivity contribution in [1.29, 1.82) is 5.26 Å². The van der Waals surface area contributed by atoms with E-state index in [-0.39, 0.29) is 18.4 Å². The van der Waals surface area contributed by atoms with Crippen LogP contribution in [-0.2, 0) is 22.4 Å². The number of primary amides is 1. The number of hydrogen-bond donors (Lipinski definition) is 4. The predicted molar refractivity (Wildman–Crippen MR) is 157 cm³/mol. The molecule has 37 heavy (non-hydrogen) atoms. The second-order valence-corrected chi connectivity index (χ2v) is 10.1. The minimum Gasteiger partial charge on any atom is -0.383 e. The molecular formula is C28H48N6O2S. The van der Waals surface area contributed by atoms with Crippen LogP contribution in [0.1, 0.15) is 63.0 Å². The molecule has 9 heteroatoms. The van der Waals surface area contributed by atoms with Crippen LogP contribution < -0.4 is 21.7 Å². The molecule has 208 valence electrons. The Labute approximate surface area is 228 Å². The van der Waals surface area contributed by atoms with Gasteiger partial charge in [0.05, 0.1) is 16.8 Å². The number of aryl methyl sites for hydroxylation is 1. The fourth-order valence-corrected chi connectivity index (χ4v) is 4.37. The molecule has 0 spiro atoms. The highest BCUT2D eigenvalue weighted by molar-refractivity contribution is 7.11. The van der Waals surface area contributed by atoms with Crippen molar-refractivity contribution in [3.05, 3.63) is 46.6 Å². The summed E-state index contributed by atoms with van der Waals surface area (Å²) in [7, 11) is 3.75. The minimum atomic E-state index is 0.0773. The lowest BCUT2D eigenvalue weighted by molar-refractivity contribution is -0.122. The van der Waals surface area contributed by atoms with E-state index in [9.17, 15) is 4.79 Å². The smallest absolute Gasteiger partial charge is 0.220 e. The van der Waals surface area contributed by atoms with Gasteiger partial charge in [-0.1, -0.05) is 53.3 Å². The van der Waals surface area contributed by atoms with Crippen molar-refractivity contribution in [3.63, 3.8) is 0 Å². The lowest BCUT2D eigenvalue weighted by Gasteiger charge is -2.25. The SMILES string of the molecule is C=CC(=C)NCC(NC(=O)CCc1nc2c(s1)CC(C(C)C)C=C2)C(C)CC.CC#N.CNC.NC=O. The molecule has 0 fully saturated rings. The van der Waals surface area contributed by atoms with Gasteiger partial charge in [0, 0.05) is 42.9 Å². The third-order valence-corrected chi connectivity index (χ3v) is 6.74. The van der Waals surface area contributed by atoms with E-state index >= 15 is 0 Å². The Morgan fingerprint density at radius 1 is 1.38 bits per heavy atom. The number of allylic oxidation sites excluding steroid dienone is 2. The zero-order valence-corrected chi connectivity index (χ0v) is 24.6. The molecule has 5 N–H and O–H groups in total. The van der Waals surface area contributed by atoms with Gasteiger partial charge in [-0.05, 0) is 50.4 Å². The van der Waals surface area contributed by atoms with Crippen molar-refractivity contribution in [2.75, 3.05) is 20.6 Å². The van der Waals surface area contributed by atoms with Gasteiger partial charge in [0.15, 0.2) is 0 Å². The van der Waals surface area contributed by atoms with Gasteiger partial charge < -0.3 is 21.7 Å². The second kappa shape index (κ2) is 22.3. The highest BCUT2D eigenvalue weighted by atomic mass is 32.1. The van der Waals surface area contributed by atoms with Crippen LogP contribution >= 0.6 is 11.3 Å². The lowest BCUT2D eigenvalue weighted by Crippen LogP contribution is -2.45. The molecule has 0 saturated heterocycles. The van der Waals surface area contributed by atoms with Gasteiger partial charge in [0.25, 0.3) is 0 Å². The molecule has 1 aromatic rings. The molecule has 0 aliphatic heterocycles. The summed E-state index contributed by atoms with van der Waals surface area (Å²) < 4.78 is 0. The Balaban J connectivity index is 0. The third-order valence-electron chi connectivity index (χ3n) is 5.59. The van der Waals surface area contributed by atoms with Gasteiger partial charge in [0.2, 0.25) is 12.3 Å². The number of nitriles is 1. The zero-order valence-electron chi connectivity index (χ0n) is 23.8. The van der Waals surface area contributed by atoms with Gasteiger partial charge in [-0.2, -0.15) is 5.26 Å². The van der Waals surface area contributed by atoms with E-state index in [0.717, 1.165) is 29.2 Å². The third kappa shape index (κ3) is 16.4. The van der Waals surface area contributed by atoms with E-state index < -0.39 is 0 Å². The number of fused-ring (bicyclic) bond motifs is 1. The summed E-state index contributed by atoms with van der Waals surface area (Å²) in [4.78, 5) is 27.2. The number of hydrogen-bond acceptors (Lipinski definition) is 7. The number of aromatic nitrogens is 1. The van der Waals surface area contributed by atoms with Gasteiger partial charge in [-0.25, -0.2) is 4.98 Å². The van der Waals surface area contributed by atoms with Crippen LogP contribution in [0.4, 0.5) is 0 Å². The first-order chi connectivity index (χ1) is 17.6. The number of amides is 2. The average molecular weight is 533 g/mol. The standard InChI is InChI=1S/C23H35N3OS.C2H7N.C2H3N.CH3NO/c1-7-16(5)20(14-24-17(6)8-2)25-22(27)11-12-23-26-19-10-9-18(15(3)4)13-21(19)28-23;1-3-2;1-2-3;2-1-3/h8-10,15-16,18,20,24H,2,6-7,11-14H2,1,3-5H3,(H,25,27);3H,1-2H3;1H3;1H,(H2,2,3). The number of thiazole rings is 1. The maximum Gasteiger partial charge on any atom is 0.220 e. The van der Waals surface area contributed by atoms with Crippen LogP contribution in [0.25, 0.3) is 6.08 Å². The predicted octanol–water partition coefficient (Wildman–Crippen LogP) is 4.20. The van der Waals surface area contributed by atoms with Crippen LogP contribution in [0.3, 0.4) is 0 Å². The van der Waals surface area contributed by atoms with Crippen LogP contribution in [0, 0.1) is 29.1 Å². The molecule has 1 aliphatic carbocycles. The summed E-state index contributed by atoms with van der Waals surface area (Å²) in [6, 6.07) is 1.83. The monoisotopic (exact) mass is 532 g/mol. The fraction of sp³-hybridized carbons (Fsp3) is 0.571. The van der Waals surface area contributed by atoms with Crippen molar-refractivity contribution in [2.24, 2.45) is 23.5 Å². The highest BCUT2D eigenvalue weighted by Gasteiger charge is 2.21. The largest absolute Gasteiger partial charge is 0.383 e. The number of rotatable bonds is 11. The van der Waals surface area contributed by atoms with E-state index in [1.165, 1.54) is 11.8 Å². The summed E-state index contributed by atoms with van der Waals surface area (Å²) in [6.07, 6.45) is 9.63. The van der Waals surface area contributed by atoms with Crippen LogP contribution in [-0.4, -0.2) is 44.0 Å². The molecule has 0 radical (unpaired) electrons. The molecule has 0 bridgehead atoms. The zero-order chi connectivity index (χ0) is 28.8. The molecule has 1 heterocycles. The van der Waals surface area contributed by atoms with Crippen molar-refractivity contribution in [3.8, 4) is 6.07 Å². The Kier molecular flexibility index (Phi) is 21.8. The van der Waals surface area contributed by atoms with Crippen LogP contribution in [0.2, 0.25) is 0 Å². The van der Waals surface area contributed by atoms with Gasteiger partial charge in [0.1, 0.15) is 0 Å². The molecule has 8 nitrogen and oxygen atoms in total. The first-order valence-electron chi connectivity index (χ1n) is 12.6. The molecule has 1 aromatic heterocycles. The van der Waals surface area contributed by atoms with E-state index in [1.54, 1.807) is 23.5 Å². The Hall–Kier alpha value is -2.96. The number of nitrogens with zero attached hydrogens (tertiary/aromatic N) is 2. The van der Waals surface area contributed by atoms with E-state index in [2.05, 4.69) is 74.7 Å². The average Bonchev–Trinajstić information content (AvgIpc) is 3.28. The second-order valence-electron chi connectivity index (χ2n) is 8.92. The molecule has 1 aliphatic rings. The molecule has 2 rings (SSSR count). The molecule has 0 aromatic carbocycles. The van der Waals surface area contributed by atoms with E-state index in [4.69, 9.17) is 15.0 Å². The van der Waals surface area contributed by atoms with Crippen LogP contribution in [0.5, 0.6) is 0 Å². The van der Waals surface area contributed by atoms with Gasteiger partial charge in [-0.3, -0.25) is 9.59 Å². The number of nitrogens with two attached hydrogens (primary N) is 1. The van der Waals surface area contributed by atoms with Crippen LogP contribution in [0.15, 0.2) is 31.0 Å². The maximum absolute atomic E-state index is 12.5. The summed E-state index contributed by atoms with van der Waals surface area (Å²) in [5.41, 5.74) is 6.05. The van der Waals surface area contributed by atoms with Gasteiger partial charge >= 0.3 is 0 Å². The molecule has 3 atom stereocenters. The first kappa shape index (κ1) is 36.2. The molecular weight excluding hydrogens is 484 g/mol. The Morgan fingerprint density at radius 2 is 1.95 bits per heavy atom. The van der Waals surface area contributed by atoms with Gasteiger partial charge in [-0.15, -0.1) is 11.3 Å². The molecule has 3 unspecified atom stereocenters. The Morgan fingerprint density at radius 3 is 2.43 bits per heavy atom. The summed E-state index contributed by atoms with van der Waals surface area (Å²) in [5.74, 6) is 1.71. The van der Waals surface area contributed by atoms with Crippen molar-refractivity contribution < 1.29 is 9.59 Å². The topological polar surface area (TPSA) is 133 Å². The number of carbonyl (C=O) groups excluding carboxylic acids is 2. The Bertz CT molecular complexity index is 873. The minimum absolute atomic E-state index is 0.0773.